The maximum atomic E-state index is 13.5. The summed E-state index contributed by atoms with van der Waals surface area (Å²) < 4.78 is 15.4. The van der Waals surface area contributed by atoms with Gasteiger partial charge in [0.25, 0.3) is 0 Å². The fraction of sp³-hybridized carbons (Fsp3) is 0.0833. The van der Waals surface area contributed by atoms with Crippen molar-refractivity contribution in [3.05, 3.63) is 83.9 Å². The Hall–Kier alpha value is -3.69. The van der Waals surface area contributed by atoms with E-state index in [1.54, 1.807) is 18.3 Å². The Morgan fingerprint density at radius 1 is 1.09 bits per heavy atom. The van der Waals surface area contributed by atoms with Gasteiger partial charge in [-0.25, -0.2) is 19.3 Å². The molecule has 0 aliphatic carbocycles. The van der Waals surface area contributed by atoms with Crippen molar-refractivity contribution < 1.29 is 9.18 Å². The van der Waals surface area contributed by atoms with Crippen molar-refractivity contribution in [2.24, 2.45) is 7.05 Å². The largest absolute Gasteiger partial charge is 0.333 e. The summed E-state index contributed by atoms with van der Waals surface area (Å²) in [6.45, 7) is 0. The second-order valence-corrected chi connectivity index (χ2v) is 9.16. The molecule has 5 aromatic rings. The van der Waals surface area contributed by atoms with Crippen LogP contribution >= 0.6 is 22.7 Å². The van der Waals surface area contributed by atoms with Crippen molar-refractivity contribution >= 4 is 33.7 Å². The first-order valence-corrected chi connectivity index (χ1v) is 11.8. The number of aromatic nitrogens is 4. The van der Waals surface area contributed by atoms with E-state index in [2.05, 4.69) is 15.3 Å². The maximum absolute atomic E-state index is 13.5. The van der Waals surface area contributed by atoms with E-state index in [1.165, 1.54) is 34.8 Å². The highest BCUT2D eigenvalue weighted by Crippen LogP contribution is 2.38. The Morgan fingerprint density at radius 2 is 1.91 bits per heavy atom. The summed E-state index contributed by atoms with van der Waals surface area (Å²) in [5.41, 5.74) is 3.04. The number of nitrogens with zero attached hydrogens (tertiary/aromatic N) is 4. The van der Waals surface area contributed by atoms with Gasteiger partial charge in [0.05, 0.1) is 22.7 Å². The molecule has 0 unspecified atom stereocenters. The van der Waals surface area contributed by atoms with Gasteiger partial charge >= 0.3 is 0 Å². The summed E-state index contributed by atoms with van der Waals surface area (Å²) in [5, 5.41) is 5.89. The third kappa shape index (κ3) is 4.59. The molecule has 3 aromatic heterocycles. The zero-order valence-electron chi connectivity index (χ0n) is 17.5. The van der Waals surface area contributed by atoms with Crippen LogP contribution in [0.2, 0.25) is 0 Å². The summed E-state index contributed by atoms with van der Waals surface area (Å²) in [6.07, 6.45) is 3.71. The molecular formula is C24H18FN5OS2. The summed E-state index contributed by atoms with van der Waals surface area (Å²) in [5.74, 6) is 0.250. The molecule has 0 radical (unpaired) electrons. The third-order valence-electron chi connectivity index (χ3n) is 4.91. The highest BCUT2D eigenvalue weighted by Gasteiger charge is 2.19. The van der Waals surface area contributed by atoms with Gasteiger partial charge in [-0.3, -0.25) is 4.79 Å². The second-order valence-electron chi connectivity index (χ2n) is 7.30. The van der Waals surface area contributed by atoms with Gasteiger partial charge in [-0.05, 0) is 12.1 Å². The highest BCUT2D eigenvalue weighted by molar-refractivity contribution is 7.19. The van der Waals surface area contributed by atoms with Crippen LogP contribution in [-0.2, 0) is 18.3 Å². The fourth-order valence-corrected chi connectivity index (χ4v) is 5.23. The van der Waals surface area contributed by atoms with E-state index in [-0.39, 0.29) is 18.1 Å². The first-order chi connectivity index (χ1) is 16.1. The molecule has 0 bridgehead atoms. The Balaban J connectivity index is 1.37. The van der Waals surface area contributed by atoms with Crippen molar-refractivity contribution in [2.45, 2.75) is 6.42 Å². The molecule has 0 aliphatic heterocycles. The zero-order valence-corrected chi connectivity index (χ0v) is 19.2. The van der Waals surface area contributed by atoms with E-state index < -0.39 is 0 Å². The molecule has 5 rings (SSSR count). The molecular weight excluding hydrogens is 457 g/mol. The van der Waals surface area contributed by atoms with Gasteiger partial charge in [0.1, 0.15) is 10.8 Å². The lowest BCUT2D eigenvalue weighted by Crippen LogP contribution is -2.14. The predicted molar refractivity (Wildman–Crippen MR) is 130 cm³/mol. The number of halogens is 1. The van der Waals surface area contributed by atoms with E-state index in [9.17, 15) is 9.18 Å². The summed E-state index contributed by atoms with van der Waals surface area (Å²) >= 11 is 2.76. The lowest BCUT2D eigenvalue weighted by atomic mass is 10.1. The van der Waals surface area contributed by atoms with Crippen LogP contribution < -0.4 is 5.32 Å². The Labute approximate surface area is 197 Å². The normalized spacial score (nSPS) is 11.0. The summed E-state index contributed by atoms with van der Waals surface area (Å²) in [6, 6.07) is 16.1. The molecule has 0 fully saturated rings. The molecule has 1 N–H and O–H groups in total. The molecule has 33 heavy (non-hydrogen) atoms. The number of rotatable bonds is 6. The van der Waals surface area contributed by atoms with Crippen LogP contribution in [0.25, 0.3) is 32.5 Å². The van der Waals surface area contributed by atoms with Crippen LogP contribution in [0.3, 0.4) is 0 Å². The van der Waals surface area contributed by atoms with Crippen LogP contribution in [-0.4, -0.2) is 25.4 Å². The monoisotopic (exact) mass is 475 g/mol. The maximum Gasteiger partial charge on any atom is 0.232 e. The van der Waals surface area contributed by atoms with E-state index in [0.29, 0.717) is 21.4 Å². The number of thiazole rings is 2. The molecule has 3 heterocycles. The van der Waals surface area contributed by atoms with E-state index in [1.807, 2.05) is 53.5 Å². The number of carbonyl (C=O) groups is 1. The topological polar surface area (TPSA) is 72.7 Å². The van der Waals surface area contributed by atoms with Crippen LogP contribution in [0.1, 0.15) is 5.69 Å². The highest BCUT2D eigenvalue weighted by atomic mass is 32.1. The van der Waals surface area contributed by atoms with E-state index in [0.717, 1.165) is 22.0 Å². The van der Waals surface area contributed by atoms with Gasteiger partial charge in [0, 0.05) is 35.9 Å². The molecule has 9 heteroatoms. The fourth-order valence-electron chi connectivity index (χ4n) is 3.37. The molecule has 2 aromatic carbocycles. The number of amides is 1. The Bertz CT molecular complexity index is 1420. The van der Waals surface area contributed by atoms with Gasteiger partial charge in [-0.2, -0.15) is 0 Å². The molecule has 164 valence electrons. The van der Waals surface area contributed by atoms with E-state index >= 15 is 0 Å². The minimum atomic E-state index is -0.316. The quantitative estimate of drug-likeness (QED) is 0.344. The standard InChI is InChI=1S/C24H18FN5OS2/c1-30-11-10-26-22(30)21-20(15-6-3-2-4-7-15)29-24(33-21)28-19(31)13-18-14-32-23(27-18)16-8-5-9-17(25)12-16/h2-12,14H,13H2,1H3,(H,28,29,31). The Kier molecular flexibility index (Phi) is 5.80. The molecule has 0 saturated heterocycles. The van der Waals surface area contributed by atoms with Gasteiger partial charge < -0.3 is 9.88 Å². The SMILES string of the molecule is Cn1ccnc1-c1sc(NC(=O)Cc2csc(-c3cccc(F)c3)n2)nc1-c1ccccc1. The van der Waals surface area contributed by atoms with Crippen LogP contribution in [0.15, 0.2) is 72.4 Å². The molecule has 0 saturated carbocycles. The number of imidazole rings is 1. The Morgan fingerprint density at radius 3 is 2.67 bits per heavy atom. The van der Waals surface area contributed by atoms with Gasteiger partial charge in [-0.15, -0.1) is 11.3 Å². The lowest BCUT2D eigenvalue weighted by Gasteiger charge is -2.02. The molecule has 6 nitrogen and oxygen atoms in total. The number of hydrogen-bond acceptors (Lipinski definition) is 6. The number of aryl methyl sites for hydroxylation is 1. The number of anilines is 1. The first-order valence-electron chi connectivity index (χ1n) is 10.1. The van der Waals surface area contributed by atoms with Crippen molar-refractivity contribution in [3.8, 4) is 32.5 Å². The number of hydrogen-bond donors (Lipinski definition) is 1. The number of carbonyl (C=O) groups excluding carboxylic acids is 1. The molecule has 1 amide bonds. The van der Waals surface area contributed by atoms with Crippen molar-refractivity contribution in [2.75, 3.05) is 5.32 Å². The molecule has 0 aliphatic rings. The van der Waals surface area contributed by atoms with Gasteiger partial charge in [-0.1, -0.05) is 53.8 Å². The van der Waals surface area contributed by atoms with Crippen LogP contribution in [0.5, 0.6) is 0 Å². The minimum Gasteiger partial charge on any atom is -0.333 e. The smallest absolute Gasteiger partial charge is 0.232 e. The number of nitrogens with one attached hydrogen (secondary N) is 1. The van der Waals surface area contributed by atoms with Gasteiger partial charge in [0.2, 0.25) is 5.91 Å². The average molecular weight is 476 g/mol. The number of benzene rings is 2. The predicted octanol–water partition coefficient (Wildman–Crippen LogP) is 5.65. The van der Waals surface area contributed by atoms with E-state index in [4.69, 9.17) is 4.98 Å². The summed E-state index contributed by atoms with van der Waals surface area (Å²) in [4.78, 5) is 27.2. The third-order valence-corrected chi connectivity index (χ3v) is 6.82. The van der Waals surface area contributed by atoms with Crippen LogP contribution in [0, 0.1) is 5.82 Å². The van der Waals surface area contributed by atoms with Crippen LogP contribution in [0.4, 0.5) is 9.52 Å². The first kappa shape index (κ1) is 21.2. The van der Waals surface area contributed by atoms with Crippen molar-refractivity contribution in [1.29, 1.82) is 0 Å². The van der Waals surface area contributed by atoms with Crippen molar-refractivity contribution in [1.82, 2.24) is 19.5 Å². The minimum absolute atomic E-state index is 0.101. The lowest BCUT2D eigenvalue weighted by molar-refractivity contribution is -0.115. The van der Waals surface area contributed by atoms with Gasteiger partial charge in [0.15, 0.2) is 11.0 Å². The molecule has 0 atom stereocenters. The summed E-state index contributed by atoms with van der Waals surface area (Å²) in [7, 11) is 1.92. The average Bonchev–Trinajstić information content (AvgIpc) is 3.54. The molecule has 0 spiro atoms. The zero-order chi connectivity index (χ0) is 22.8. The van der Waals surface area contributed by atoms with Crippen molar-refractivity contribution in [3.63, 3.8) is 0 Å². The second kappa shape index (κ2) is 9.05.